The van der Waals surface area contributed by atoms with Crippen molar-refractivity contribution >= 4 is 33.3 Å². The number of primary amides is 1. The maximum Gasteiger partial charge on any atom is 0.287 e. The third-order valence-electron chi connectivity index (χ3n) is 8.55. The van der Waals surface area contributed by atoms with E-state index in [4.69, 9.17) is 5.73 Å². The van der Waals surface area contributed by atoms with Crippen molar-refractivity contribution in [2.75, 3.05) is 19.0 Å². The highest BCUT2D eigenvalue weighted by atomic mass is 32.2. The lowest BCUT2D eigenvalue weighted by Gasteiger charge is -2.45. The Bertz CT molecular complexity index is 1270. The second kappa shape index (κ2) is 12.8. The van der Waals surface area contributed by atoms with Gasteiger partial charge in [0, 0.05) is 18.8 Å². The molecule has 3 rings (SSSR count). The molecule has 42 heavy (non-hydrogen) atoms. The molecule has 0 radical (unpaired) electrons. The Balaban J connectivity index is 1.71. The summed E-state index contributed by atoms with van der Waals surface area (Å²) in [4.78, 5) is 53.3. The lowest BCUT2D eigenvalue weighted by Crippen LogP contribution is -2.67. The Hall–Kier alpha value is -2.83. The first kappa shape index (κ1) is 33.7. The predicted molar refractivity (Wildman–Crippen MR) is 160 cm³/mol. The fourth-order valence-corrected chi connectivity index (χ4v) is 7.08. The molecular formula is C30H47N5O6S. The molecule has 1 aliphatic carbocycles. The van der Waals surface area contributed by atoms with Gasteiger partial charge in [-0.05, 0) is 63.5 Å². The van der Waals surface area contributed by atoms with Gasteiger partial charge in [0.1, 0.15) is 11.6 Å². The summed E-state index contributed by atoms with van der Waals surface area (Å²) in [5.41, 5.74) is 2.69. The second-order valence-corrected chi connectivity index (χ2v) is 15.5. The maximum absolute atomic E-state index is 14.1. The van der Waals surface area contributed by atoms with Crippen LogP contribution < -0.4 is 21.7 Å². The molecule has 1 heterocycles. The molecular weight excluding hydrogens is 558 g/mol. The smallest absolute Gasteiger partial charge is 0.287 e. The van der Waals surface area contributed by atoms with Gasteiger partial charge in [-0.25, -0.2) is 8.42 Å². The Labute approximate surface area is 249 Å². The average Bonchev–Trinajstić information content (AvgIpc) is 3.57. The van der Waals surface area contributed by atoms with Gasteiger partial charge >= 0.3 is 0 Å². The van der Waals surface area contributed by atoms with Crippen molar-refractivity contribution in [1.29, 1.82) is 0 Å². The van der Waals surface area contributed by atoms with Crippen molar-refractivity contribution in [1.82, 2.24) is 20.9 Å². The zero-order valence-corrected chi connectivity index (χ0v) is 26.5. The number of carbonyl (C=O) groups is 4. The van der Waals surface area contributed by atoms with E-state index in [1.807, 2.05) is 20.8 Å². The van der Waals surface area contributed by atoms with E-state index in [9.17, 15) is 27.6 Å². The first-order chi connectivity index (χ1) is 19.4. The summed E-state index contributed by atoms with van der Waals surface area (Å²) < 4.78 is 25.9. The molecule has 1 aliphatic heterocycles. The number of ketones is 1. The van der Waals surface area contributed by atoms with Crippen molar-refractivity contribution in [2.24, 2.45) is 17.1 Å². The molecule has 1 aromatic carbocycles. The summed E-state index contributed by atoms with van der Waals surface area (Å²) >= 11 is 0. The van der Waals surface area contributed by atoms with Crippen LogP contribution in [0.25, 0.3) is 0 Å². The molecule has 3 amide bonds. The Kier molecular flexibility index (Phi) is 10.3. The van der Waals surface area contributed by atoms with Crippen molar-refractivity contribution in [3.8, 4) is 0 Å². The number of hydrogen-bond acceptors (Lipinski definition) is 8. The van der Waals surface area contributed by atoms with E-state index >= 15 is 0 Å². The second-order valence-electron chi connectivity index (χ2n) is 13.5. The number of nitrogens with zero attached hydrogens (tertiary/aromatic N) is 1. The van der Waals surface area contributed by atoms with Gasteiger partial charge < -0.3 is 16.0 Å². The molecule has 2 aliphatic rings. The van der Waals surface area contributed by atoms with Crippen LogP contribution in [0.15, 0.2) is 35.2 Å². The quantitative estimate of drug-likeness (QED) is 0.183. The van der Waals surface area contributed by atoms with Crippen LogP contribution in [0.1, 0.15) is 73.6 Å². The minimum absolute atomic E-state index is 0.137. The molecule has 1 saturated carbocycles. The highest BCUT2D eigenvalue weighted by Gasteiger charge is 2.50. The first-order valence-electron chi connectivity index (χ1n) is 14.6. The SMILES string of the molecule is CC(C)(CS(=O)(=O)c1ccccc1)NCN[C@](C)(C(=O)N1CCC[C@H]1C(=O)NC(CC1CC1)C(=O)C(N)=O)C(C)(C)C. The zero-order valence-electron chi connectivity index (χ0n) is 25.7. The lowest BCUT2D eigenvalue weighted by atomic mass is 9.73. The van der Waals surface area contributed by atoms with Gasteiger partial charge in [-0.2, -0.15) is 0 Å². The number of rotatable bonds is 14. The molecule has 5 N–H and O–H groups in total. The van der Waals surface area contributed by atoms with Crippen LogP contribution >= 0.6 is 0 Å². The van der Waals surface area contributed by atoms with Crippen LogP contribution in [-0.2, 0) is 29.0 Å². The largest absolute Gasteiger partial charge is 0.363 e. The third-order valence-corrected chi connectivity index (χ3v) is 10.6. The van der Waals surface area contributed by atoms with Gasteiger partial charge in [-0.1, -0.05) is 51.8 Å². The van der Waals surface area contributed by atoms with Gasteiger partial charge in [0.15, 0.2) is 9.84 Å². The molecule has 1 aromatic rings. The van der Waals surface area contributed by atoms with E-state index in [2.05, 4.69) is 16.0 Å². The highest BCUT2D eigenvalue weighted by Crippen LogP contribution is 2.35. The number of nitrogens with one attached hydrogen (secondary N) is 3. The molecule has 0 bridgehead atoms. The molecule has 3 atom stereocenters. The lowest BCUT2D eigenvalue weighted by molar-refractivity contribution is -0.148. The number of benzene rings is 1. The van der Waals surface area contributed by atoms with Crippen molar-refractivity contribution in [3.63, 3.8) is 0 Å². The Morgan fingerprint density at radius 3 is 2.14 bits per heavy atom. The first-order valence-corrected chi connectivity index (χ1v) is 16.3. The van der Waals surface area contributed by atoms with Crippen LogP contribution in [0.5, 0.6) is 0 Å². The maximum atomic E-state index is 14.1. The normalized spacial score (nSPS) is 20.0. The topological polar surface area (TPSA) is 168 Å². The van der Waals surface area contributed by atoms with Gasteiger partial charge in [-0.15, -0.1) is 0 Å². The minimum Gasteiger partial charge on any atom is -0.363 e. The van der Waals surface area contributed by atoms with E-state index in [0.29, 0.717) is 25.8 Å². The number of hydrogen-bond donors (Lipinski definition) is 4. The summed E-state index contributed by atoms with van der Waals surface area (Å²) in [5.74, 6) is -2.53. The number of sulfone groups is 1. The number of carbonyl (C=O) groups excluding carboxylic acids is 4. The van der Waals surface area contributed by atoms with Crippen LogP contribution in [-0.4, -0.2) is 79.0 Å². The third kappa shape index (κ3) is 8.17. The zero-order chi connectivity index (χ0) is 31.5. The minimum atomic E-state index is -3.55. The number of Topliss-reactive ketones (excluding diaryl/α,β-unsaturated/α-hetero) is 1. The van der Waals surface area contributed by atoms with Crippen molar-refractivity contribution in [2.45, 2.75) is 102 Å². The molecule has 1 saturated heterocycles. The number of likely N-dealkylation sites (tertiary alicyclic amines) is 1. The monoisotopic (exact) mass is 605 g/mol. The fraction of sp³-hybridized carbons (Fsp3) is 0.667. The van der Waals surface area contributed by atoms with Gasteiger partial charge in [0.2, 0.25) is 17.6 Å². The molecule has 234 valence electrons. The number of amides is 3. The van der Waals surface area contributed by atoms with E-state index in [0.717, 1.165) is 12.8 Å². The molecule has 0 aromatic heterocycles. The van der Waals surface area contributed by atoms with E-state index in [1.165, 1.54) is 0 Å². The molecule has 12 heteroatoms. The van der Waals surface area contributed by atoms with E-state index in [-0.39, 0.29) is 29.1 Å². The Morgan fingerprint density at radius 1 is 0.976 bits per heavy atom. The fourth-order valence-electron chi connectivity index (χ4n) is 5.29. The van der Waals surface area contributed by atoms with Crippen LogP contribution in [0.3, 0.4) is 0 Å². The summed E-state index contributed by atoms with van der Waals surface area (Å²) in [5, 5.41) is 9.27. The highest BCUT2D eigenvalue weighted by molar-refractivity contribution is 7.91. The molecule has 0 spiro atoms. The summed E-state index contributed by atoms with van der Waals surface area (Å²) in [6.45, 7) is 11.6. The van der Waals surface area contributed by atoms with E-state index < -0.39 is 56.0 Å². The van der Waals surface area contributed by atoms with Gasteiger partial charge in [0.25, 0.3) is 5.91 Å². The van der Waals surface area contributed by atoms with Gasteiger partial charge in [0.05, 0.1) is 16.7 Å². The summed E-state index contributed by atoms with van der Waals surface area (Å²) in [6.07, 6.45) is 3.28. The molecule has 2 fully saturated rings. The average molecular weight is 606 g/mol. The molecule has 11 nitrogen and oxygen atoms in total. The van der Waals surface area contributed by atoms with E-state index in [1.54, 1.807) is 56.0 Å². The van der Waals surface area contributed by atoms with Crippen LogP contribution in [0, 0.1) is 11.3 Å². The molecule has 1 unspecified atom stereocenters. The van der Waals surface area contributed by atoms with Crippen LogP contribution in [0.2, 0.25) is 0 Å². The summed E-state index contributed by atoms with van der Waals surface area (Å²) in [6, 6.07) is 6.49. The Morgan fingerprint density at radius 2 is 1.60 bits per heavy atom. The van der Waals surface area contributed by atoms with Crippen LogP contribution in [0.4, 0.5) is 0 Å². The van der Waals surface area contributed by atoms with Crippen molar-refractivity contribution < 1.29 is 27.6 Å². The standard InChI is InChI=1S/C30H47N5O6S/c1-28(2,3)30(6,33-19-32-29(4,5)18-42(40,41)21-11-8-7-9-12-21)27(39)35-16-10-13-23(35)26(38)34-22(17-20-14-15-20)24(36)25(31)37/h7-9,11-12,20,22-23,32-33H,10,13-19H2,1-6H3,(H2,31,37)(H,34,38)/t22?,23-,30+/m0/s1. The summed E-state index contributed by atoms with van der Waals surface area (Å²) in [7, 11) is -3.55. The van der Waals surface area contributed by atoms with Crippen molar-refractivity contribution in [3.05, 3.63) is 30.3 Å². The number of nitrogens with two attached hydrogens (primary N) is 1. The predicted octanol–water partition coefficient (Wildman–Crippen LogP) is 1.51. The van der Waals surface area contributed by atoms with Gasteiger partial charge in [-0.3, -0.25) is 29.8 Å².